The zero-order chi connectivity index (χ0) is 9.30. The van der Waals surface area contributed by atoms with Gasteiger partial charge in [-0.2, -0.15) is 0 Å². The number of hydrogen-bond acceptors (Lipinski definition) is 5. The second-order valence-electron chi connectivity index (χ2n) is 3.26. The Labute approximate surface area is 71.2 Å². The summed E-state index contributed by atoms with van der Waals surface area (Å²) in [5, 5.41) is 30.9. The first-order valence-corrected chi connectivity index (χ1v) is 4.05. The second-order valence-corrected chi connectivity index (χ2v) is 3.26. The monoisotopic (exact) mass is 176 g/mol. The zero-order valence-electron chi connectivity index (χ0n) is 7.01. The molecule has 0 aliphatic heterocycles. The Morgan fingerprint density at radius 2 is 1.83 bits per heavy atom. The van der Waals surface area contributed by atoms with E-state index < -0.39 is 30.4 Å². The highest BCUT2D eigenvalue weighted by Crippen LogP contribution is 2.18. The van der Waals surface area contributed by atoms with Crippen molar-refractivity contribution in [3.63, 3.8) is 0 Å². The molecule has 5 atom stereocenters. The molecule has 1 aliphatic carbocycles. The first-order valence-electron chi connectivity index (χ1n) is 4.05. The summed E-state index contributed by atoms with van der Waals surface area (Å²) in [5.74, 6) is 0. The summed E-state index contributed by atoms with van der Waals surface area (Å²) in [6.07, 6.45) is -2.33. The number of hydrogen-bond donors (Lipinski definition) is 5. The van der Waals surface area contributed by atoms with Crippen LogP contribution >= 0.6 is 0 Å². The summed E-state index contributed by atoms with van der Waals surface area (Å²) in [5.41, 5.74) is 5.48. The average Bonchev–Trinajstić information content (AvgIpc) is 2.01. The first kappa shape index (κ1) is 9.88. The molecule has 0 saturated heterocycles. The molecule has 0 aromatic rings. The maximum absolute atomic E-state index is 9.43. The van der Waals surface area contributed by atoms with Gasteiger partial charge in [0.1, 0.15) is 0 Å². The Bertz CT molecular complexity index is 156. The van der Waals surface area contributed by atoms with Crippen molar-refractivity contribution < 1.29 is 15.3 Å². The minimum Gasteiger partial charge on any atom is -0.391 e. The molecule has 0 bridgehead atoms. The van der Waals surface area contributed by atoms with E-state index >= 15 is 0 Å². The molecular formula is C7H16N2O3. The summed E-state index contributed by atoms with van der Waals surface area (Å²) < 4.78 is 0. The number of nitrogens with two attached hydrogens (primary N) is 1. The van der Waals surface area contributed by atoms with E-state index in [1.807, 2.05) is 0 Å². The van der Waals surface area contributed by atoms with Crippen LogP contribution in [0.3, 0.4) is 0 Å². The second kappa shape index (κ2) is 3.68. The number of aliphatic hydroxyl groups excluding tert-OH is 3. The van der Waals surface area contributed by atoms with Gasteiger partial charge in [0.2, 0.25) is 0 Å². The molecule has 0 aromatic heterocycles. The lowest BCUT2D eigenvalue weighted by Crippen LogP contribution is -2.62. The average molecular weight is 176 g/mol. The molecule has 1 aliphatic rings. The van der Waals surface area contributed by atoms with Crippen molar-refractivity contribution in [1.82, 2.24) is 5.32 Å². The number of nitrogens with one attached hydrogen (secondary N) is 1. The van der Waals surface area contributed by atoms with E-state index in [1.165, 1.54) is 0 Å². The van der Waals surface area contributed by atoms with Gasteiger partial charge < -0.3 is 26.4 Å². The molecule has 5 nitrogen and oxygen atoms in total. The highest BCUT2D eigenvalue weighted by molar-refractivity contribution is 4.97. The summed E-state index contributed by atoms with van der Waals surface area (Å²) >= 11 is 0. The SMILES string of the molecule is CN[C@@H]1[C@H](O)[C@@H](O)[C@H](N)C[C@H]1O. The Morgan fingerprint density at radius 3 is 2.33 bits per heavy atom. The lowest BCUT2D eigenvalue weighted by atomic mass is 9.84. The summed E-state index contributed by atoms with van der Waals surface area (Å²) in [7, 11) is 1.63. The van der Waals surface area contributed by atoms with E-state index in [2.05, 4.69) is 5.32 Å². The number of rotatable bonds is 1. The molecule has 0 heterocycles. The molecule has 0 radical (unpaired) electrons. The maximum Gasteiger partial charge on any atom is 0.0992 e. The van der Waals surface area contributed by atoms with E-state index in [-0.39, 0.29) is 0 Å². The minimum absolute atomic E-state index is 0.309. The lowest BCUT2D eigenvalue weighted by molar-refractivity contribution is -0.0828. The molecule has 1 fully saturated rings. The van der Waals surface area contributed by atoms with Crippen molar-refractivity contribution in [1.29, 1.82) is 0 Å². The van der Waals surface area contributed by atoms with E-state index in [9.17, 15) is 15.3 Å². The molecule has 1 rings (SSSR count). The number of likely N-dealkylation sites (N-methyl/N-ethyl adjacent to an activating group) is 1. The normalized spacial score (nSPS) is 49.2. The Balaban J connectivity index is 2.65. The largest absolute Gasteiger partial charge is 0.391 e. The molecule has 5 heteroatoms. The van der Waals surface area contributed by atoms with Crippen LogP contribution in [0.1, 0.15) is 6.42 Å². The van der Waals surface area contributed by atoms with Gasteiger partial charge >= 0.3 is 0 Å². The van der Waals surface area contributed by atoms with Crippen molar-refractivity contribution in [2.45, 2.75) is 36.8 Å². The van der Waals surface area contributed by atoms with Gasteiger partial charge in [-0.3, -0.25) is 0 Å². The topological polar surface area (TPSA) is 98.7 Å². The minimum atomic E-state index is -0.992. The molecule has 72 valence electrons. The summed E-state index contributed by atoms with van der Waals surface area (Å²) in [4.78, 5) is 0. The van der Waals surface area contributed by atoms with Crippen LogP contribution in [0.4, 0.5) is 0 Å². The molecule has 12 heavy (non-hydrogen) atoms. The Kier molecular flexibility index (Phi) is 3.03. The highest BCUT2D eigenvalue weighted by atomic mass is 16.3. The maximum atomic E-state index is 9.43. The van der Waals surface area contributed by atoms with Gasteiger partial charge in [-0.1, -0.05) is 0 Å². The fourth-order valence-corrected chi connectivity index (χ4v) is 1.62. The van der Waals surface area contributed by atoms with Crippen LogP contribution in [0, 0.1) is 0 Å². The molecule has 6 N–H and O–H groups in total. The fraction of sp³-hybridized carbons (Fsp3) is 1.00. The van der Waals surface area contributed by atoms with Crippen LogP contribution in [-0.2, 0) is 0 Å². The third-order valence-electron chi connectivity index (χ3n) is 2.42. The molecule has 1 saturated carbocycles. The highest BCUT2D eigenvalue weighted by Gasteiger charge is 2.40. The fourth-order valence-electron chi connectivity index (χ4n) is 1.62. The first-order chi connectivity index (χ1) is 5.57. The van der Waals surface area contributed by atoms with Crippen molar-refractivity contribution in [2.75, 3.05) is 7.05 Å². The van der Waals surface area contributed by atoms with Crippen molar-refractivity contribution in [2.24, 2.45) is 5.73 Å². The molecular weight excluding hydrogens is 160 g/mol. The standard InChI is InChI=1S/C7H16N2O3/c1-9-5-4(10)2-3(8)6(11)7(5)12/h3-7,9-12H,2,8H2,1H3/t3-,4-,5+,6+,7+/m1/s1. The van der Waals surface area contributed by atoms with E-state index in [0.717, 1.165) is 0 Å². The van der Waals surface area contributed by atoms with Gasteiger partial charge in [0.05, 0.1) is 24.4 Å². The van der Waals surface area contributed by atoms with E-state index in [1.54, 1.807) is 7.05 Å². The third kappa shape index (κ3) is 1.60. The van der Waals surface area contributed by atoms with Gasteiger partial charge in [-0.05, 0) is 13.5 Å². The van der Waals surface area contributed by atoms with Gasteiger partial charge in [0.25, 0.3) is 0 Å². The molecule has 0 aromatic carbocycles. The summed E-state index contributed by atoms with van der Waals surface area (Å²) in [6.45, 7) is 0. The predicted octanol–water partition coefficient (Wildman–Crippen LogP) is -2.61. The van der Waals surface area contributed by atoms with Gasteiger partial charge in [0, 0.05) is 6.04 Å². The van der Waals surface area contributed by atoms with E-state index in [4.69, 9.17) is 5.73 Å². The zero-order valence-corrected chi connectivity index (χ0v) is 7.01. The molecule has 0 spiro atoms. The van der Waals surface area contributed by atoms with Crippen molar-refractivity contribution in [3.8, 4) is 0 Å². The lowest BCUT2D eigenvalue weighted by Gasteiger charge is -2.39. The van der Waals surface area contributed by atoms with E-state index in [0.29, 0.717) is 6.42 Å². The van der Waals surface area contributed by atoms with Crippen LogP contribution in [0.15, 0.2) is 0 Å². The Hall–Kier alpha value is -0.200. The predicted molar refractivity (Wildman–Crippen MR) is 43.5 cm³/mol. The van der Waals surface area contributed by atoms with Crippen LogP contribution in [0.2, 0.25) is 0 Å². The van der Waals surface area contributed by atoms with Crippen LogP contribution in [0.25, 0.3) is 0 Å². The van der Waals surface area contributed by atoms with Gasteiger partial charge in [0.15, 0.2) is 0 Å². The molecule has 0 amide bonds. The quantitative estimate of drug-likeness (QED) is 0.301. The summed E-state index contributed by atoms with van der Waals surface area (Å²) in [6, 6.07) is -1.03. The van der Waals surface area contributed by atoms with Gasteiger partial charge in [-0.25, -0.2) is 0 Å². The van der Waals surface area contributed by atoms with Crippen LogP contribution in [0.5, 0.6) is 0 Å². The van der Waals surface area contributed by atoms with Crippen molar-refractivity contribution >= 4 is 0 Å². The third-order valence-corrected chi connectivity index (χ3v) is 2.42. The van der Waals surface area contributed by atoms with Crippen molar-refractivity contribution in [3.05, 3.63) is 0 Å². The van der Waals surface area contributed by atoms with Crippen LogP contribution < -0.4 is 11.1 Å². The molecule has 0 unspecified atom stereocenters. The number of aliphatic hydroxyl groups is 3. The van der Waals surface area contributed by atoms with Crippen LogP contribution in [-0.4, -0.2) is 52.8 Å². The smallest absolute Gasteiger partial charge is 0.0992 e. The Morgan fingerprint density at radius 1 is 1.25 bits per heavy atom. The van der Waals surface area contributed by atoms with Gasteiger partial charge in [-0.15, -0.1) is 0 Å².